The number of non-ortho nitro benzene ring substituents is 1. The zero-order valence-electron chi connectivity index (χ0n) is 13.2. The number of nitro groups is 1. The number of nitrogens with one attached hydrogen (secondary N) is 1. The van der Waals surface area contributed by atoms with Gasteiger partial charge in [-0.15, -0.1) is 0 Å². The number of aryl methyl sites for hydroxylation is 2. The van der Waals surface area contributed by atoms with Crippen LogP contribution in [0.15, 0.2) is 36.4 Å². The summed E-state index contributed by atoms with van der Waals surface area (Å²) in [7, 11) is 0. The Balaban J connectivity index is 2.51. The molecule has 0 unspecified atom stereocenters. The number of carbonyl (C=O) groups is 1. The number of amides is 2. The number of nitro benzene ring substituents is 1. The van der Waals surface area contributed by atoms with Gasteiger partial charge < -0.3 is 5.73 Å². The van der Waals surface area contributed by atoms with Crippen LogP contribution in [0.3, 0.4) is 0 Å². The highest BCUT2D eigenvalue weighted by Gasteiger charge is 2.24. The number of rotatable bonds is 5. The molecule has 0 saturated carbocycles. The molecule has 2 aromatic carbocycles. The van der Waals surface area contributed by atoms with Crippen LogP contribution in [0.25, 0.3) is 0 Å². The molecule has 0 heterocycles. The Morgan fingerprint density at radius 2 is 2.08 bits per heavy atom. The maximum Gasteiger partial charge on any atom is 0.338 e. The maximum atomic E-state index is 14.5. The molecule has 0 aliphatic rings. The first kappa shape index (κ1) is 17.2. The normalized spacial score (nSPS) is 10.3. The Morgan fingerprint density at radius 3 is 2.62 bits per heavy atom. The third-order valence-corrected chi connectivity index (χ3v) is 3.42. The number of hydrogen-bond acceptors (Lipinski definition) is 4. The molecule has 0 fully saturated rings. The molecule has 0 bridgehead atoms. The van der Waals surface area contributed by atoms with Gasteiger partial charge in [0.2, 0.25) is 0 Å². The Morgan fingerprint density at radius 1 is 1.38 bits per heavy atom. The number of primary amides is 1. The van der Waals surface area contributed by atoms with E-state index >= 15 is 0 Å². The van der Waals surface area contributed by atoms with Crippen LogP contribution < -0.4 is 16.2 Å². The fraction of sp³-hybridized carbons (Fsp3) is 0.188. The molecule has 0 aromatic heterocycles. The van der Waals surface area contributed by atoms with Crippen molar-refractivity contribution in [2.24, 2.45) is 5.73 Å². The maximum absolute atomic E-state index is 14.5. The van der Waals surface area contributed by atoms with E-state index in [1.165, 1.54) is 6.07 Å². The van der Waals surface area contributed by atoms with E-state index in [2.05, 4.69) is 5.43 Å². The molecule has 126 valence electrons. The number of carbonyl (C=O) groups excluding carboxylic acids is 1. The van der Waals surface area contributed by atoms with Crippen LogP contribution >= 0.6 is 0 Å². The zero-order chi connectivity index (χ0) is 17.9. The molecule has 3 N–H and O–H groups in total. The summed E-state index contributed by atoms with van der Waals surface area (Å²) in [5.74, 6) is -0.903. The van der Waals surface area contributed by atoms with Gasteiger partial charge in [-0.05, 0) is 36.6 Å². The van der Waals surface area contributed by atoms with E-state index in [9.17, 15) is 19.3 Å². The molecule has 2 rings (SSSR count). The molecule has 0 radical (unpaired) electrons. The Hall–Kier alpha value is -3.16. The number of hydrogen-bond donors (Lipinski definition) is 2. The Bertz CT molecular complexity index is 795. The van der Waals surface area contributed by atoms with Crippen molar-refractivity contribution >= 4 is 23.1 Å². The van der Waals surface area contributed by atoms with Gasteiger partial charge in [0.25, 0.3) is 5.69 Å². The van der Waals surface area contributed by atoms with E-state index in [1.54, 1.807) is 25.1 Å². The molecule has 8 heteroatoms. The lowest BCUT2D eigenvalue weighted by molar-refractivity contribution is -0.385. The Labute approximate surface area is 138 Å². The summed E-state index contributed by atoms with van der Waals surface area (Å²) in [6.07, 6.45) is 0.285. The molecule has 24 heavy (non-hydrogen) atoms. The predicted molar refractivity (Wildman–Crippen MR) is 89.3 cm³/mol. The molecule has 0 saturated heterocycles. The molecular formula is C16H17FN4O3. The van der Waals surface area contributed by atoms with E-state index in [-0.39, 0.29) is 17.8 Å². The lowest BCUT2D eigenvalue weighted by atomic mass is 10.1. The van der Waals surface area contributed by atoms with Crippen molar-refractivity contribution < 1.29 is 14.1 Å². The fourth-order valence-corrected chi connectivity index (χ4v) is 2.33. The minimum atomic E-state index is -0.932. The second kappa shape index (κ2) is 6.95. The Kier molecular flexibility index (Phi) is 4.98. The fourth-order valence-electron chi connectivity index (χ4n) is 2.33. The van der Waals surface area contributed by atoms with Crippen LogP contribution in [0.4, 0.5) is 26.2 Å². The average molecular weight is 332 g/mol. The van der Waals surface area contributed by atoms with Gasteiger partial charge >= 0.3 is 6.03 Å². The molecule has 7 nitrogen and oxygen atoms in total. The van der Waals surface area contributed by atoms with Gasteiger partial charge in [-0.3, -0.25) is 15.5 Å². The first-order valence-electron chi connectivity index (χ1n) is 7.23. The van der Waals surface area contributed by atoms with Crippen LogP contribution in [0.1, 0.15) is 18.1 Å². The third kappa shape index (κ3) is 3.60. The first-order chi connectivity index (χ1) is 11.3. The lowest BCUT2D eigenvalue weighted by Gasteiger charge is -2.25. The van der Waals surface area contributed by atoms with Crippen molar-refractivity contribution in [3.05, 3.63) is 63.5 Å². The van der Waals surface area contributed by atoms with Crippen LogP contribution in [0, 0.1) is 22.9 Å². The standard InChI is InChI=1S/C16H17FN4O3/c1-3-11-8-13(21(23)24)9-14(17)15(11)20(16(18)22)19-12-6-4-5-10(2)7-12/h4-9,19H,3H2,1-2H3,(H2,18,22). The van der Waals surface area contributed by atoms with Gasteiger partial charge in [0.05, 0.1) is 16.7 Å². The highest BCUT2D eigenvalue weighted by molar-refractivity contribution is 5.94. The summed E-state index contributed by atoms with van der Waals surface area (Å²) in [5, 5.41) is 11.7. The largest absolute Gasteiger partial charge is 0.350 e. The number of benzene rings is 2. The van der Waals surface area contributed by atoms with Crippen LogP contribution in [-0.4, -0.2) is 11.0 Å². The summed E-state index contributed by atoms with van der Waals surface area (Å²) in [6.45, 7) is 3.57. The number of hydrazine groups is 1. The topological polar surface area (TPSA) is 102 Å². The quantitative estimate of drug-likeness (QED) is 0.646. The smallest absolute Gasteiger partial charge is 0.338 e. The number of nitrogens with two attached hydrogens (primary N) is 1. The first-order valence-corrected chi connectivity index (χ1v) is 7.23. The predicted octanol–water partition coefficient (Wildman–Crippen LogP) is 3.52. The molecule has 0 aliphatic heterocycles. The summed E-state index contributed by atoms with van der Waals surface area (Å²) in [6, 6.07) is 8.14. The molecule has 2 aromatic rings. The summed E-state index contributed by atoms with van der Waals surface area (Å²) >= 11 is 0. The van der Waals surface area contributed by atoms with Gasteiger partial charge in [-0.25, -0.2) is 14.2 Å². The van der Waals surface area contributed by atoms with Crippen LogP contribution in [0.5, 0.6) is 0 Å². The lowest BCUT2D eigenvalue weighted by Crippen LogP contribution is -2.41. The second-order valence-corrected chi connectivity index (χ2v) is 5.20. The van der Waals surface area contributed by atoms with Gasteiger partial charge in [-0.2, -0.15) is 0 Å². The molecule has 0 spiro atoms. The summed E-state index contributed by atoms with van der Waals surface area (Å²) < 4.78 is 14.5. The highest BCUT2D eigenvalue weighted by Crippen LogP contribution is 2.30. The monoisotopic (exact) mass is 332 g/mol. The number of halogens is 1. The minimum absolute atomic E-state index is 0.128. The van der Waals surface area contributed by atoms with Gasteiger partial charge in [0.1, 0.15) is 5.69 Å². The molecule has 2 amide bonds. The van der Waals surface area contributed by atoms with Crippen LogP contribution in [-0.2, 0) is 6.42 Å². The second-order valence-electron chi connectivity index (χ2n) is 5.20. The van der Waals surface area contributed by atoms with Crippen molar-refractivity contribution in [1.29, 1.82) is 0 Å². The summed E-state index contributed by atoms with van der Waals surface area (Å²) in [4.78, 5) is 22.0. The summed E-state index contributed by atoms with van der Waals surface area (Å²) in [5.41, 5.74) is 9.37. The van der Waals surface area contributed by atoms with E-state index in [1.807, 2.05) is 13.0 Å². The van der Waals surface area contributed by atoms with Crippen LogP contribution in [0.2, 0.25) is 0 Å². The average Bonchev–Trinajstić information content (AvgIpc) is 2.52. The number of anilines is 2. The van der Waals surface area contributed by atoms with Crippen molar-refractivity contribution in [2.45, 2.75) is 20.3 Å². The van der Waals surface area contributed by atoms with Crippen molar-refractivity contribution in [3.63, 3.8) is 0 Å². The van der Waals surface area contributed by atoms with E-state index in [4.69, 9.17) is 5.73 Å². The van der Waals surface area contributed by atoms with E-state index < -0.39 is 16.8 Å². The minimum Gasteiger partial charge on any atom is -0.350 e. The van der Waals surface area contributed by atoms with Gasteiger partial charge in [0, 0.05) is 6.07 Å². The van der Waals surface area contributed by atoms with Crippen molar-refractivity contribution in [1.82, 2.24) is 0 Å². The highest BCUT2D eigenvalue weighted by atomic mass is 19.1. The zero-order valence-corrected chi connectivity index (χ0v) is 13.2. The molecule has 0 aliphatic carbocycles. The van der Waals surface area contributed by atoms with Crippen molar-refractivity contribution in [3.8, 4) is 0 Å². The number of urea groups is 1. The third-order valence-electron chi connectivity index (χ3n) is 3.42. The van der Waals surface area contributed by atoms with E-state index in [0.717, 1.165) is 16.6 Å². The molecule has 0 atom stereocenters. The van der Waals surface area contributed by atoms with E-state index in [0.29, 0.717) is 11.3 Å². The van der Waals surface area contributed by atoms with Gasteiger partial charge in [0.15, 0.2) is 5.82 Å². The molecular weight excluding hydrogens is 315 g/mol. The number of nitrogens with zero attached hydrogens (tertiary/aromatic N) is 2. The van der Waals surface area contributed by atoms with Crippen molar-refractivity contribution in [2.75, 3.05) is 10.4 Å². The SMILES string of the molecule is CCc1cc([N+](=O)[O-])cc(F)c1N(Nc1cccc(C)c1)C(N)=O. The van der Waals surface area contributed by atoms with Gasteiger partial charge in [-0.1, -0.05) is 19.1 Å².